The molecule has 2 aromatic heterocycles. The smallest absolute Gasteiger partial charge is 0.398 e. The standard InChI is InChI=1S/C14H16N6O3/c1-8-3-5-20(10(21)2-4-15)6-9(8)18-12-11-13(17-7-16-12)19-14(22)23-11/h7-9H,2-3,5-6H2,1H3,(H2,16,17,18,19,22)/p+1. The number of aromatic nitrogens is 3. The van der Waals surface area contributed by atoms with Gasteiger partial charge in [-0.05, 0) is 6.42 Å². The van der Waals surface area contributed by atoms with E-state index in [1.165, 1.54) is 6.33 Å². The number of carbonyl (C=O) groups excluding carboxylic acids is 1. The second kappa shape index (κ2) is 6.18. The molecule has 9 nitrogen and oxygen atoms in total. The largest absolute Gasteiger partial charge is 0.418 e. The molecule has 0 saturated carbocycles. The van der Waals surface area contributed by atoms with Crippen molar-refractivity contribution in [1.29, 1.82) is 5.26 Å². The Bertz CT molecular complexity index is 820. The van der Waals surface area contributed by atoms with Gasteiger partial charge in [-0.25, -0.2) is 9.78 Å². The molecular weight excluding hydrogens is 300 g/mol. The minimum Gasteiger partial charge on any atom is -0.398 e. The van der Waals surface area contributed by atoms with Crippen molar-refractivity contribution in [2.45, 2.75) is 25.8 Å². The number of nitrogens with zero attached hydrogens (tertiary/aromatic N) is 4. The van der Waals surface area contributed by atoms with E-state index in [1.54, 1.807) is 4.90 Å². The number of fused-ring (bicyclic) bond motifs is 1. The summed E-state index contributed by atoms with van der Waals surface area (Å²) in [6, 6.07) is 1.97. The number of quaternary nitrogens is 1. The van der Waals surface area contributed by atoms with Gasteiger partial charge in [-0.1, -0.05) is 6.92 Å². The highest BCUT2D eigenvalue weighted by Crippen LogP contribution is 2.18. The number of hydrogen-bond donors (Lipinski definition) is 2. The highest BCUT2D eigenvalue weighted by Gasteiger charge is 2.32. The zero-order valence-electron chi connectivity index (χ0n) is 12.7. The van der Waals surface area contributed by atoms with Crippen LogP contribution in [0.3, 0.4) is 0 Å². The molecule has 3 heterocycles. The molecule has 0 bridgehead atoms. The molecule has 0 aliphatic carbocycles. The van der Waals surface area contributed by atoms with Crippen LogP contribution in [0.1, 0.15) is 19.8 Å². The Morgan fingerprint density at radius 2 is 2.43 bits per heavy atom. The zero-order chi connectivity index (χ0) is 16.4. The number of nitriles is 1. The van der Waals surface area contributed by atoms with Crippen LogP contribution in [-0.4, -0.2) is 44.9 Å². The summed E-state index contributed by atoms with van der Waals surface area (Å²) < 4.78 is 5.10. The van der Waals surface area contributed by atoms with Crippen LogP contribution < -0.4 is 11.1 Å². The van der Waals surface area contributed by atoms with Gasteiger partial charge in [-0.2, -0.15) is 10.2 Å². The maximum absolute atomic E-state index is 11.9. The number of aromatic amines is 1. The molecule has 2 atom stereocenters. The van der Waals surface area contributed by atoms with Crippen LogP contribution in [0, 0.1) is 17.2 Å². The molecule has 3 rings (SSSR count). The van der Waals surface area contributed by atoms with Crippen molar-refractivity contribution < 1.29 is 14.5 Å². The Morgan fingerprint density at radius 1 is 1.61 bits per heavy atom. The van der Waals surface area contributed by atoms with Crippen molar-refractivity contribution in [3.05, 3.63) is 16.9 Å². The normalized spacial score (nSPS) is 21.3. The summed E-state index contributed by atoms with van der Waals surface area (Å²) in [7, 11) is 0. The molecule has 23 heavy (non-hydrogen) atoms. The van der Waals surface area contributed by atoms with Gasteiger partial charge in [-0.3, -0.25) is 15.1 Å². The quantitative estimate of drug-likeness (QED) is 0.766. The van der Waals surface area contributed by atoms with Gasteiger partial charge in [0.1, 0.15) is 18.8 Å². The monoisotopic (exact) mass is 317 g/mol. The lowest BCUT2D eigenvalue weighted by Crippen LogP contribution is -2.89. The summed E-state index contributed by atoms with van der Waals surface area (Å²) in [5, 5.41) is 10.6. The number of nitrogens with one attached hydrogen (secondary N) is 1. The fourth-order valence-electron chi connectivity index (χ4n) is 2.84. The maximum Gasteiger partial charge on any atom is 0.418 e. The number of nitrogens with two attached hydrogens (primary N) is 1. The van der Waals surface area contributed by atoms with Crippen molar-refractivity contribution in [1.82, 2.24) is 19.9 Å². The van der Waals surface area contributed by atoms with Crippen molar-refractivity contribution in [3.63, 3.8) is 0 Å². The van der Waals surface area contributed by atoms with Gasteiger partial charge in [-0.15, -0.1) is 0 Å². The van der Waals surface area contributed by atoms with E-state index in [0.717, 1.165) is 6.42 Å². The lowest BCUT2D eigenvalue weighted by molar-refractivity contribution is -0.622. The third-order valence-electron chi connectivity index (χ3n) is 4.22. The molecule has 0 radical (unpaired) electrons. The van der Waals surface area contributed by atoms with Crippen LogP contribution in [-0.2, 0) is 4.79 Å². The Hall–Kier alpha value is -2.73. The van der Waals surface area contributed by atoms with Crippen molar-refractivity contribution in [2.75, 3.05) is 13.1 Å². The molecule has 9 heteroatoms. The number of piperidine rings is 1. The third-order valence-corrected chi connectivity index (χ3v) is 4.22. The fourth-order valence-corrected chi connectivity index (χ4v) is 2.84. The molecule has 2 aromatic rings. The molecule has 1 aliphatic heterocycles. The van der Waals surface area contributed by atoms with Crippen LogP contribution in [0.5, 0.6) is 0 Å². The maximum atomic E-state index is 11.9. The molecule has 120 valence electrons. The molecule has 0 aromatic carbocycles. The first-order valence-electron chi connectivity index (χ1n) is 7.42. The number of H-pyrrole nitrogens is 1. The first kappa shape index (κ1) is 15.2. The Morgan fingerprint density at radius 3 is 3.22 bits per heavy atom. The van der Waals surface area contributed by atoms with Crippen molar-refractivity contribution >= 4 is 23.0 Å². The lowest BCUT2D eigenvalue weighted by Gasteiger charge is -2.34. The van der Waals surface area contributed by atoms with Crippen LogP contribution in [0.4, 0.5) is 5.82 Å². The van der Waals surface area contributed by atoms with E-state index in [9.17, 15) is 9.59 Å². The second-order valence-corrected chi connectivity index (χ2v) is 5.72. The molecule has 3 N–H and O–H groups in total. The van der Waals surface area contributed by atoms with E-state index < -0.39 is 5.76 Å². The van der Waals surface area contributed by atoms with Crippen LogP contribution in [0.15, 0.2) is 15.5 Å². The summed E-state index contributed by atoms with van der Waals surface area (Å²) in [5.74, 6) is 0.174. The van der Waals surface area contributed by atoms with Gasteiger partial charge < -0.3 is 9.32 Å². The molecule has 1 aliphatic rings. The van der Waals surface area contributed by atoms with Gasteiger partial charge in [0.05, 0.1) is 12.6 Å². The van der Waals surface area contributed by atoms with Crippen molar-refractivity contribution in [3.8, 4) is 6.07 Å². The van der Waals surface area contributed by atoms with E-state index in [-0.39, 0.29) is 18.4 Å². The van der Waals surface area contributed by atoms with Gasteiger partial charge in [0.2, 0.25) is 5.91 Å². The molecule has 1 fully saturated rings. The van der Waals surface area contributed by atoms with Crippen molar-refractivity contribution in [2.24, 2.45) is 5.92 Å². The first-order valence-corrected chi connectivity index (χ1v) is 7.42. The lowest BCUT2D eigenvalue weighted by atomic mass is 9.93. The molecule has 0 spiro atoms. The summed E-state index contributed by atoms with van der Waals surface area (Å²) in [4.78, 5) is 35.6. The Balaban J connectivity index is 1.81. The average Bonchev–Trinajstić information content (AvgIpc) is 2.91. The second-order valence-electron chi connectivity index (χ2n) is 5.72. The van der Waals surface area contributed by atoms with E-state index in [1.807, 2.05) is 11.4 Å². The number of carbonyl (C=O) groups is 1. The van der Waals surface area contributed by atoms with Crippen LogP contribution in [0.25, 0.3) is 11.2 Å². The van der Waals surface area contributed by atoms with E-state index >= 15 is 0 Å². The number of rotatable bonds is 3. The fraction of sp³-hybridized carbons (Fsp3) is 0.500. The number of oxazole rings is 1. The minimum atomic E-state index is -0.572. The molecule has 2 unspecified atom stereocenters. The Labute approximate surface area is 131 Å². The Kier molecular flexibility index (Phi) is 4.08. The highest BCUT2D eigenvalue weighted by molar-refractivity contribution is 5.78. The SMILES string of the molecule is CC1CCN(C(=O)CC#N)CC1[NH2+]c1ncnc2[nH]c(=O)oc12. The van der Waals surface area contributed by atoms with Gasteiger partial charge in [0.25, 0.3) is 11.4 Å². The number of likely N-dealkylation sites (tertiary alicyclic amines) is 1. The minimum absolute atomic E-state index is 0.0738. The molecule has 1 amide bonds. The summed E-state index contributed by atoms with van der Waals surface area (Å²) in [6.07, 6.45) is 2.11. The van der Waals surface area contributed by atoms with E-state index in [4.69, 9.17) is 9.68 Å². The first-order chi connectivity index (χ1) is 11.1. The van der Waals surface area contributed by atoms with Gasteiger partial charge >= 0.3 is 5.76 Å². The highest BCUT2D eigenvalue weighted by atomic mass is 16.4. The molecular formula is C14H17N6O3+. The third kappa shape index (κ3) is 3.07. The topological polar surface area (TPSA) is 132 Å². The summed E-state index contributed by atoms with van der Waals surface area (Å²) >= 11 is 0. The number of amides is 1. The number of hydrogen-bond acceptors (Lipinski definition) is 6. The predicted molar refractivity (Wildman–Crippen MR) is 78.4 cm³/mol. The average molecular weight is 317 g/mol. The van der Waals surface area contributed by atoms with Crippen LogP contribution >= 0.6 is 0 Å². The summed E-state index contributed by atoms with van der Waals surface area (Å²) in [6.45, 7) is 3.30. The van der Waals surface area contributed by atoms with Gasteiger partial charge in [0.15, 0.2) is 5.65 Å². The van der Waals surface area contributed by atoms with Crippen LogP contribution in [0.2, 0.25) is 0 Å². The van der Waals surface area contributed by atoms with Gasteiger partial charge in [0, 0.05) is 12.5 Å². The van der Waals surface area contributed by atoms with E-state index in [2.05, 4.69) is 21.9 Å². The molecule has 1 saturated heterocycles. The van der Waals surface area contributed by atoms with E-state index in [0.29, 0.717) is 36.1 Å². The summed E-state index contributed by atoms with van der Waals surface area (Å²) in [5.41, 5.74) is 0.683. The predicted octanol–water partition coefficient (Wildman–Crippen LogP) is -0.743. The zero-order valence-corrected chi connectivity index (χ0v) is 12.7.